The maximum Gasteiger partial charge on any atom is 0.277 e. The van der Waals surface area contributed by atoms with Crippen molar-refractivity contribution in [2.24, 2.45) is 0 Å². The predicted octanol–water partition coefficient (Wildman–Crippen LogP) is 2.98. The Balaban J connectivity index is 1.82. The molecule has 6 nitrogen and oxygen atoms in total. The largest absolute Gasteiger partial charge is 0.326 e. The summed E-state index contributed by atoms with van der Waals surface area (Å²) in [5.74, 6) is -0.206. The van der Waals surface area contributed by atoms with Gasteiger partial charge in [0.15, 0.2) is 0 Å². The molecule has 0 unspecified atom stereocenters. The van der Waals surface area contributed by atoms with E-state index in [4.69, 9.17) is 0 Å². The number of anilines is 1. The number of hydrogen-bond acceptors (Lipinski definition) is 4. The highest BCUT2D eigenvalue weighted by Gasteiger charge is 2.17. The fourth-order valence-electron chi connectivity index (χ4n) is 2.67. The molecule has 0 spiro atoms. The van der Waals surface area contributed by atoms with Crippen LogP contribution in [0.3, 0.4) is 0 Å². The number of aromatic nitrogens is 3. The van der Waals surface area contributed by atoms with Crippen LogP contribution in [-0.2, 0) is 17.6 Å². The minimum absolute atomic E-state index is 0.0244. The van der Waals surface area contributed by atoms with Gasteiger partial charge in [-0.25, -0.2) is 4.98 Å². The molecule has 2 N–H and O–H groups in total. The molecule has 7 heteroatoms. The van der Waals surface area contributed by atoms with Crippen LogP contribution in [0.2, 0.25) is 0 Å². The Kier molecular flexibility index (Phi) is 4.85. The van der Waals surface area contributed by atoms with Crippen molar-refractivity contribution >= 4 is 22.9 Å². The number of carbonyl (C=O) groups is 1. The highest BCUT2D eigenvalue weighted by Crippen LogP contribution is 2.17. The third-order valence-corrected chi connectivity index (χ3v) is 4.94. The van der Waals surface area contributed by atoms with Crippen LogP contribution in [0.4, 0.5) is 5.69 Å². The minimum atomic E-state index is -0.231. The molecule has 0 radical (unpaired) electrons. The SMILES string of the molecule is CCc1ccccc1NC(=O)Cc1c(C)[nH]n(-c2nc(C)cs2)c1=O. The molecule has 0 atom stereocenters. The summed E-state index contributed by atoms with van der Waals surface area (Å²) in [6.07, 6.45) is 0.854. The van der Waals surface area contributed by atoms with Crippen molar-refractivity contribution in [3.8, 4) is 5.13 Å². The lowest BCUT2D eigenvalue weighted by molar-refractivity contribution is -0.115. The van der Waals surface area contributed by atoms with Crippen molar-refractivity contribution in [2.45, 2.75) is 33.6 Å². The lowest BCUT2D eigenvalue weighted by Gasteiger charge is -2.09. The molecule has 3 aromatic rings. The number of H-pyrrole nitrogens is 1. The van der Waals surface area contributed by atoms with E-state index in [1.165, 1.54) is 16.0 Å². The molecular formula is C18H20N4O2S. The van der Waals surface area contributed by atoms with Gasteiger partial charge in [0.2, 0.25) is 11.0 Å². The van der Waals surface area contributed by atoms with Gasteiger partial charge in [0.1, 0.15) is 0 Å². The summed E-state index contributed by atoms with van der Waals surface area (Å²) in [7, 11) is 0. The Bertz CT molecular complexity index is 968. The molecule has 0 aliphatic heterocycles. The van der Waals surface area contributed by atoms with Crippen LogP contribution in [0.1, 0.15) is 29.4 Å². The normalized spacial score (nSPS) is 10.8. The van der Waals surface area contributed by atoms with Crippen molar-refractivity contribution in [3.05, 3.63) is 62.5 Å². The summed E-state index contributed by atoms with van der Waals surface area (Å²) in [4.78, 5) is 29.4. The number of para-hydroxylation sites is 1. The summed E-state index contributed by atoms with van der Waals surface area (Å²) in [5, 5.41) is 8.37. The lowest BCUT2D eigenvalue weighted by atomic mass is 10.1. The van der Waals surface area contributed by atoms with Crippen molar-refractivity contribution in [1.29, 1.82) is 0 Å². The third-order valence-electron chi connectivity index (χ3n) is 4.00. The zero-order valence-electron chi connectivity index (χ0n) is 14.4. The van der Waals surface area contributed by atoms with Gasteiger partial charge in [-0.1, -0.05) is 25.1 Å². The molecule has 1 aromatic carbocycles. The maximum absolute atomic E-state index is 12.6. The van der Waals surface area contributed by atoms with Crippen molar-refractivity contribution in [1.82, 2.24) is 14.8 Å². The van der Waals surface area contributed by atoms with E-state index in [9.17, 15) is 9.59 Å². The molecule has 0 saturated heterocycles. The topological polar surface area (TPSA) is 79.8 Å². The van der Waals surface area contributed by atoms with Gasteiger partial charge in [0.05, 0.1) is 12.1 Å². The van der Waals surface area contributed by atoms with E-state index >= 15 is 0 Å². The first-order chi connectivity index (χ1) is 12.0. The van der Waals surface area contributed by atoms with Gasteiger partial charge in [0, 0.05) is 22.3 Å². The number of rotatable bonds is 5. The molecule has 0 aliphatic carbocycles. The first kappa shape index (κ1) is 17.2. The van der Waals surface area contributed by atoms with E-state index in [-0.39, 0.29) is 17.9 Å². The second kappa shape index (κ2) is 7.06. The number of hydrogen-bond donors (Lipinski definition) is 2. The number of carbonyl (C=O) groups excluding carboxylic acids is 1. The van der Waals surface area contributed by atoms with Crippen LogP contribution in [-0.4, -0.2) is 20.7 Å². The number of thiazole rings is 1. The van der Waals surface area contributed by atoms with E-state index < -0.39 is 0 Å². The lowest BCUT2D eigenvalue weighted by Crippen LogP contribution is -2.22. The Morgan fingerprint density at radius 1 is 1.32 bits per heavy atom. The summed E-state index contributed by atoms with van der Waals surface area (Å²) >= 11 is 1.39. The number of aryl methyl sites for hydroxylation is 3. The van der Waals surface area contributed by atoms with Gasteiger partial charge in [-0.15, -0.1) is 11.3 Å². The fourth-order valence-corrected chi connectivity index (χ4v) is 3.43. The molecule has 1 amide bonds. The number of benzene rings is 1. The van der Waals surface area contributed by atoms with Gasteiger partial charge >= 0.3 is 0 Å². The second-order valence-corrected chi connectivity index (χ2v) is 6.70. The van der Waals surface area contributed by atoms with E-state index in [1.54, 1.807) is 6.92 Å². The van der Waals surface area contributed by atoms with E-state index in [0.29, 0.717) is 16.4 Å². The Labute approximate surface area is 149 Å². The molecule has 0 aliphatic rings. The van der Waals surface area contributed by atoms with Crippen LogP contribution >= 0.6 is 11.3 Å². The van der Waals surface area contributed by atoms with Crippen LogP contribution in [0.5, 0.6) is 0 Å². The Hall–Kier alpha value is -2.67. The molecule has 130 valence electrons. The quantitative estimate of drug-likeness (QED) is 0.737. The molecule has 25 heavy (non-hydrogen) atoms. The monoisotopic (exact) mass is 356 g/mol. The van der Waals surface area contributed by atoms with Gasteiger partial charge < -0.3 is 5.32 Å². The fraction of sp³-hybridized carbons (Fsp3) is 0.278. The summed E-state index contributed by atoms with van der Waals surface area (Å²) in [5.41, 5.74) is 3.62. The smallest absolute Gasteiger partial charge is 0.277 e. The Morgan fingerprint density at radius 3 is 2.76 bits per heavy atom. The van der Waals surface area contributed by atoms with Gasteiger partial charge in [-0.2, -0.15) is 4.68 Å². The zero-order chi connectivity index (χ0) is 18.0. The van der Waals surface area contributed by atoms with Crippen molar-refractivity contribution < 1.29 is 4.79 Å². The van der Waals surface area contributed by atoms with Crippen LogP contribution in [0.25, 0.3) is 5.13 Å². The highest BCUT2D eigenvalue weighted by molar-refractivity contribution is 7.12. The summed E-state index contributed by atoms with van der Waals surface area (Å²) in [6.45, 7) is 5.71. The third kappa shape index (κ3) is 3.56. The standard InChI is InChI=1S/C18H20N4O2S/c1-4-13-7-5-6-8-15(13)20-16(23)9-14-12(3)21-22(17(14)24)18-19-11(2)10-25-18/h5-8,10,21H,4,9H2,1-3H3,(H,20,23). The molecule has 0 fully saturated rings. The van der Waals surface area contributed by atoms with Gasteiger partial charge in [0.25, 0.3) is 5.56 Å². The van der Waals surface area contributed by atoms with Gasteiger partial charge in [-0.05, 0) is 31.9 Å². The van der Waals surface area contributed by atoms with Crippen molar-refractivity contribution in [3.63, 3.8) is 0 Å². The maximum atomic E-state index is 12.6. The molecule has 0 saturated carbocycles. The summed E-state index contributed by atoms with van der Waals surface area (Å²) < 4.78 is 1.40. The Morgan fingerprint density at radius 2 is 2.08 bits per heavy atom. The molecule has 0 bridgehead atoms. The van der Waals surface area contributed by atoms with Gasteiger partial charge in [-0.3, -0.25) is 14.7 Å². The number of amides is 1. The highest BCUT2D eigenvalue weighted by atomic mass is 32.1. The number of nitrogens with zero attached hydrogens (tertiary/aromatic N) is 2. The van der Waals surface area contributed by atoms with E-state index in [1.807, 2.05) is 43.5 Å². The molecular weight excluding hydrogens is 336 g/mol. The molecule has 3 rings (SSSR count). The van der Waals surface area contributed by atoms with Crippen molar-refractivity contribution in [2.75, 3.05) is 5.32 Å². The average Bonchev–Trinajstić information content (AvgIpc) is 3.13. The molecule has 2 heterocycles. The van der Waals surface area contributed by atoms with E-state index in [0.717, 1.165) is 23.4 Å². The second-order valence-electron chi connectivity index (χ2n) is 5.86. The molecule has 2 aromatic heterocycles. The summed E-state index contributed by atoms with van der Waals surface area (Å²) in [6, 6.07) is 7.68. The zero-order valence-corrected chi connectivity index (χ0v) is 15.2. The minimum Gasteiger partial charge on any atom is -0.326 e. The average molecular weight is 356 g/mol. The predicted molar refractivity (Wildman–Crippen MR) is 99.7 cm³/mol. The van der Waals surface area contributed by atoms with Crippen LogP contribution in [0, 0.1) is 13.8 Å². The number of nitrogens with one attached hydrogen (secondary N) is 2. The number of aromatic amines is 1. The first-order valence-electron chi connectivity index (χ1n) is 8.10. The van der Waals surface area contributed by atoms with Crippen LogP contribution in [0.15, 0.2) is 34.4 Å². The van der Waals surface area contributed by atoms with E-state index in [2.05, 4.69) is 15.4 Å². The first-order valence-corrected chi connectivity index (χ1v) is 8.98. The van der Waals surface area contributed by atoms with Crippen LogP contribution < -0.4 is 10.9 Å².